The van der Waals surface area contributed by atoms with E-state index in [0.29, 0.717) is 32.2 Å². The zero-order valence-electron chi connectivity index (χ0n) is 16.2. The SMILES string of the molecule is Cc1nc2ccccc2c(=O)n1N=Cc1ccc(Sc2ccc(Cl)cc2)c([N+](=O)[O-])c1. The van der Waals surface area contributed by atoms with E-state index >= 15 is 0 Å². The van der Waals surface area contributed by atoms with E-state index in [0.717, 1.165) is 4.90 Å². The Morgan fingerprint density at radius 1 is 1.13 bits per heavy atom. The quantitative estimate of drug-likeness (QED) is 0.234. The van der Waals surface area contributed by atoms with Crippen molar-refractivity contribution >= 4 is 46.2 Å². The lowest BCUT2D eigenvalue weighted by atomic mass is 10.2. The van der Waals surface area contributed by atoms with Crippen LogP contribution in [0.4, 0.5) is 5.69 Å². The van der Waals surface area contributed by atoms with Crippen molar-refractivity contribution in [3.8, 4) is 0 Å². The van der Waals surface area contributed by atoms with Crippen molar-refractivity contribution in [1.82, 2.24) is 9.66 Å². The molecule has 0 aliphatic rings. The van der Waals surface area contributed by atoms with Gasteiger partial charge in [-0.15, -0.1) is 0 Å². The third kappa shape index (κ3) is 4.50. The maximum atomic E-state index is 12.7. The first-order chi connectivity index (χ1) is 14.9. The van der Waals surface area contributed by atoms with E-state index in [4.69, 9.17) is 11.6 Å². The van der Waals surface area contributed by atoms with E-state index in [1.165, 1.54) is 28.7 Å². The first kappa shape index (κ1) is 20.8. The maximum absolute atomic E-state index is 12.7. The van der Waals surface area contributed by atoms with Gasteiger partial charge in [-0.1, -0.05) is 41.6 Å². The molecule has 1 heterocycles. The Labute approximate surface area is 186 Å². The lowest BCUT2D eigenvalue weighted by molar-refractivity contribution is -0.387. The Hall–Kier alpha value is -3.49. The first-order valence-corrected chi connectivity index (χ1v) is 10.4. The van der Waals surface area contributed by atoms with Crippen LogP contribution >= 0.6 is 23.4 Å². The molecule has 0 saturated carbocycles. The topological polar surface area (TPSA) is 90.4 Å². The van der Waals surface area contributed by atoms with E-state index in [9.17, 15) is 14.9 Å². The minimum absolute atomic E-state index is 0.0513. The molecule has 0 aliphatic heterocycles. The predicted octanol–water partition coefficient (Wildman–Crippen LogP) is 5.30. The van der Waals surface area contributed by atoms with Crippen LogP contribution in [0.2, 0.25) is 5.02 Å². The first-order valence-electron chi connectivity index (χ1n) is 9.17. The molecule has 0 radical (unpaired) electrons. The summed E-state index contributed by atoms with van der Waals surface area (Å²) >= 11 is 7.17. The summed E-state index contributed by atoms with van der Waals surface area (Å²) in [5.74, 6) is 0.421. The third-order valence-electron chi connectivity index (χ3n) is 4.46. The molecule has 9 heteroatoms. The molecular weight excluding hydrogens is 436 g/mol. The number of aromatic nitrogens is 2. The van der Waals surface area contributed by atoms with Gasteiger partial charge in [0.25, 0.3) is 11.2 Å². The van der Waals surface area contributed by atoms with Gasteiger partial charge < -0.3 is 0 Å². The lowest BCUT2D eigenvalue weighted by Crippen LogP contribution is -2.20. The van der Waals surface area contributed by atoms with Crippen molar-refractivity contribution < 1.29 is 4.92 Å². The summed E-state index contributed by atoms with van der Waals surface area (Å²) in [6.45, 7) is 1.68. The molecule has 3 aromatic carbocycles. The van der Waals surface area contributed by atoms with Crippen LogP contribution in [0.1, 0.15) is 11.4 Å². The lowest BCUT2D eigenvalue weighted by Gasteiger charge is -2.06. The van der Waals surface area contributed by atoms with Gasteiger partial charge in [0.2, 0.25) is 0 Å². The van der Waals surface area contributed by atoms with Crippen molar-refractivity contribution in [2.24, 2.45) is 5.10 Å². The fraction of sp³-hybridized carbons (Fsp3) is 0.0455. The molecule has 0 atom stereocenters. The number of para-hydroxylation sites is 1. The molecule has 0 N–H and O–H groups in total. The number of aryl methyl sites for hydroxylation is 1. The van der Waals surface area contributed by atoms with E-state index < -0.39 is 4.92 Å². The number of rotatable bonds is 5. The van der Waals surface area contributed by atoms with Crippen molar-refractivity contribution in [3.05, 3.63) is 104 Å². The zero-order chi connectivity index (χ0) is 22.0. The largest absolute Gasteiger partial charge is 0.283 e. The van der Waals surface area contributed by atoms with Gasteiger partial charge in [-0.25, -0.2) is 4.98 Å². The minimum atomic E-state index is -0.440. The summed E-state index contributed by atoms with van der Waals surface area (Å²) < 4.78 is 1.19. The number of nitrogens with zero attached hydrogens (tertiary/aromatic N) is 4. The van der Waals surface area contributed by atoms with Crippen LogP contribution in [0.15, 0.2) is 86.4 Å². The van der Waals surface area contributed by atoms with E-state index in [1.807, 2.05) is 6.07 Å². The molecular formula is C22H15ClN4O3S. The van der Waals surface area contributed by atoms with Gasteiger partial charge in [-0.05, 0) is 49.4 Å². The summed E-state index contributed by atoms with van der Waals surface area (Å²) in [6.07, 6.45) is 1.41. The predicted molar refractivity (Wildman–Crippen MR) is 122 cm³/mol. The Balaban J connectivity index is 1.68. The van der Waals surface area contributed by atoms with Gasteiger partial charge in [-0.2, -0.15) is 9.78 Å². The van der Waals surface area contributed by atoms with E-state index in [2.05, 4.69) is 10.1 Å². The molecule has 0 amide bonds. The third-order valence-corrected chi connectivity index (χ3v) is 5.78. The normalized spacial score (nSPS) is 11.3. The van der Waals surface area contributed by atoms with Crippen LogP contribution in [0.5, 0.6) is 0 Å². The van der Waals surface area contributed by atoms with E-state index in [1.54, 1.807) is 61.5 Å². The number of nitro groups is 1. The van der Waals surface area contributed by atoms with Crippen molar-refractivity contribution in [2.45, 2.75) is 16.7 Å². The fourth-order valence-corrected chi connectivity index (χ4v) is 3.99. The maximum Gasteiger partial charge on any atom is 0.283 e. The number of halogens is 1. The van der Waals surface area contributed by atoms with Crippen LogP contribution in [0.25, 0.3) is 10.9 Å². The Kier molecular flexibility index (Phi) is 5.83. The number of hydrogen-bond acceptors (Lipinski definition) is 6. The second-order valence-corrected chi connectivity index (χ2v) is 8.13. The van der Waals surface area contributed by atoms with Gasteiger partial charge in [0, 0.05) is 21.5 Å². The molecule has 0 unspecified atom stereocenters. The number of benzene rings is 3. The van der Waals surface area contributed by atoms with E-state index in [-0.39, 0.29) is 11.2 Å². The van der Waals surface area contributed by atoms with Crippen LogP contribution in [0.3, 0.4) is 0 Å². The Bertz CT molecular complexity index is 1380. The second kappa shape index (κ2) is 8.71. The summed E-state index contributed by atoms with van der Waals surface area (Å²) in [5, 5.41) is 16.9. The van der Waals surface area contributed by atoms with Crippen molar-refractivity contribution in [3.63, 3.8) is 0 Å². The number of fused-ring (bicyclic) bond motifs is 1. The number of nitro benzene ring substituents is 1. The van der Waals surface area contributed by atoms with Gasteiger partial charge in [0.05, 0.1) is 26.9 Å². The van der Waals surface area contributed by atoms with Crippen LogP contribution in [-0.4, -0.2) is 20.8 Å². The zero-order valence-corrected chi connectivity index (χ0v) is 17.8. The average Bonchev–Trinajstić information content (AvgIpc) is 2.76. The van der Waals surface area contributed by atoms with Crippen molar-refractivity contribution in [1.29, 1.82) is 0 Å². The molecule has 0 fully saturated rings. The molecule has 4 rings (SSSR count). The molecule has 4 aromatic rings. The molecule has 0 spiro atoms. The molecule has 0 saturated heterocycles. The molecule has 1 aromatic heterocycles. The minimum Gasteiger partial charge on any atom is -0.267 e. The summed E-state index contributed by atoms with van der Waals surface area (Å²) in [5.41, 5.74) is 0.732. The number of hydrogen-bond donors (Lipinski definition) is 0. The second-order valence-electron chi connectivity index (χ2n) is 6.58. The fourth-order valence-electron chi connectivity index (χ4n) is 2.97. The smallest absolute Gasteiger partial charge is 0.267 e. The summed E-state index contributed by atoms with van der Waals surface area (Å²) in [4.78, 5) is 29.6. The van der Waals surface area contributed by atoms with Crippen molar-refractivity contribution in [2.75, 3.05) is 0 Å². The van der Waals surface area contributed by atoms with Crippen LogP contribution < -0.4 is 5.56 Å². The van der Waals surface area contributed by atoms with Gasteiger partial charge in [0.1, 0.15) is 5.82 Å². The Morgan fingerprint density at radius 2 is 1.87 bits per heavy atom. The standard InChI is InChI=1S/C22H15ClN4O3S/c1-14-25-19-5-3-2-4-18(19)22(28)26(14)24-13-15-6-11-21(20(12-15)27(29)30)31-17-9-7-16(23)8-10-17/h2-13H,1H3. The average molecular weight is 451 g/mol. The monoisotopic (exact) mass is 450 g/mol. The molecule has 31 heavy (non-hydrogen) atoms. The van der Waals surface area contributed by atoms with Crippen LogP contribution in [-0.2, 0) is 0 Å². The van der Waals surface area contributed by atoms with Gasteiger partial charge >= 0.3 is 0 Å². The molecule has 0 aliphatic carbocycles. The summed E-state index contributed by atoms with van der Waals surface area (Å²) in [6, 6.07) is 18.9. The Morgan fingerprint density at radius 3 is 2.61 bits per heavy atom. The highest BCUT2D eigenvalue weighted by molar-refractivity contribution is 7.99. The van der Waals surface area contributed by atoms with Gasteiger partial charge in [-0.3, -0.25) is 14.9 Å². The van der Waals surface area contributed by atoms with Crippen LogP contribution in [0, 0.1) is 17.0 Å². The molecule has 0 bridgehead atoms. The highest BCUT2D eigenvalue weighted by atomic mass is 35.5. The highest BCUT2D eigenvalue weighted by Crippen LogP contribution is 2.35. The van der Waals surface area contributed by atoms with Gasteiger partial charge in [0.15, 0.2) is 0 Å². The summed E-state index contributed by atoms with van der Waals surface area (Å²) in [7, 11) is 0. The molecule has 154 valence electrons. The highest BCUT2D eigenvalue weighted by Gasteiger charge is 2.16. The molecule has 7 nitrogen and oxygen atoms in total.